The second-order valence-corrected chi connectivity index (χ2v) is 5.63. The van der Waals surface area contributed by atoms with E-state index in [1.165, 1.54) is 11.1 Å². The van der Waals surface area contributed by atoms with Gasteiger partial charge in [0.2, 0.25) is 5.95 Å². The van der Waals surface area contributed by atoms with Gasteiger partial charge < -0.3 is 14.6 Å². The summed E-state index contributed by atoms with van der Waals surface area (Å²) in [6.07, 6.45) is 3.10. The molecule has 2 aromatic heterocycles. The van der Waals surface area contributed by atoms with Crippen molar-refractivity contribution >= 4 is 17.3 Å². The van der Waals surface area contributed by atoms with Crippen molar-refractivity contribution in [3.63, 3.8) is 0 Å². The van der Waals surface area contributed by atoms with Crippen molar-refractivity contribution < 1.29 is 4.74 Å². The van der Waals surface area contributed by atoms with Crippen molar-refractivity contribution in [2.45, 2.75) is 40.3 Å². The number of rotatable bonds is 8. The fourth-order valence-electron chi connectivity index (χ4n) is 2.08. The predicted molar refractivity (Wildman–Crippen MR) is 84.5 cm³/mol. The van der Waals surface area contributed by atoms with Crippen molar-refractivity contribution in [3.8, 4) is 0 Å². The summed E-state index contributed by atoms with van der Waals surface area (Å²) in [5, 5.41) is 7.81. The summed E-state index contributed by atoms with van der Waals surface area (Å²) in [7, 11) is 0. The van der Waals surface area contributed by atoms with E-state index >= 15 is 0 Å². The molecule has 0 atom stereocenters. The van der Waals surface area contributed by atoms with E-state index in [4.69, 9.17) is 4.74 Å². The molecule has 0 spiro atoms. The Morgan fingerprint density at radius 3 is 2.90 bits per heavy atom. The van der Waals surface area contributed by atoms with E-state index in [-0.39, 0.29) is 0 Å². The smallest absolute Gasteiger partial charge is 0.203 e. The minimum atomic E-state index is 0.783. The SMILES string of the molecule is CCOCCCn1cc(C)nc1NCc1cscc1C. The van der Waals surface area contributed by atoms with Gasteiger partial charge >= 0.3 is 0 Å². The summed E-state index contributed by atoms with van der Waals surface area (Å²) >= 11 is 1.75. The minimum Gasteiger partial charge on any atom is -0.382 e. The number of nitrogens with zero attached hydrogens (tertiary/aromatic N) is 2. The van der Waals surface area contributed by atoms with Crippen molar-refractivity contribution in [1.29, 1.82) is 0 Å². The number of thiophene rings is 1. The van der Waals surface area contributed by atoms with E-state index in [1.54, 1.807) is 11.3 Å². The van der Waals surface area contributed by atoms with Crippen LogP contribution in [0.1, 0.15) is 30.2 Å². The van der Waals surface area contributed by atoms with Gasteiger partial charge in [0.15, 0.2) is 0 Å². The van der Waals surface area contributed by atoms with E-state index in [2.05, 4.69) is 38.7 Å². The molecule has 110 valence electrons. The third-order valence-corrected chi connectivity index (χ3v) is 4.10. The first-order chi connectivity index (χ1) is 9.70. The van der Waals surface area contributed by atoms with Crippen LogP contribution in [0.4, 0.5) is 5.95 Å². The second-order valence-electron chi connectivity index (χ2n) is 4.88. The van der Waals surface area contributed by atoms with Crippen molar-refractivity contribution in [2.24, 2.45) is 0 Å². The molecule has 4 nitrogen and oxygen atoms in total. The second kappa shape index (κ2) is 7.45. The van der Waals surface area contributed by atoms with Crippen LogP contribution in [-0.4, -0.2) is 22.8 Å². The monoisotopic (exact) mass is 293 g/mol. The molecule has 2 heterocycles. The van der Waals surface area contributed by atoms with Gasteiger partial charge in [0.25, 0.3) is 0 Å². The molecule has 0 fully saturated rings. The summed E-state index contributed by atoms with van der Waals surface area (Å²) in [6.45, 7) is 9.55. The first kappa shape index (κ1) is 15.1. The van der Waals surface area contributed by atoms with E-state index in [0.29, 0.717) is 0 Å². The molecular weight excluding hydrogens is 270 g/mol. The number of anilines is 1. The summed E-state index contributed by atoms with van der Waals surface area (Å²) in [6, 6.07) is 0. The zero-order chi connectivity index (χ0) is 14.4. The van der Waals surface area contributed by atoms with Gasteiger partial charge in [-0.1, -0.05) is 0 Å². The zero-order valence-corrected chi connectivity index (χ0v) is 13.3. The molecule has 0 bridgehead atoms. The molecule has 1 N–H and O–H groups in total. The molecule has 0 aliphatic rings. The summed E-state index contributed by atoms with van der Waals surface area (Å²) in [4.78, 5) is 4.55. The first-order valence-electron chi connectivity index (χ1n) is 7.07. The third kappa shape index (κ3) is 4.08. The molecule has 0 aliphatic carbocycles. The number of aromatic nitrogens is 2. The first-order valence-corrected chi connectivity index (χ1v) is 8.02. The molecule has 0 saturated carbocycles. The summed E-state index contributed by atoms with van der Waals surface area (Å²) in [5.74, 6) is 0.949. The van der Waals surface area contributed by atoms with E-state index in [0.717, 1.165) is 44.4 Å². The van der Waals surface area contributed by atoms with Crippen LogP contribution in [0.25, 0.3) is 0 Å². The summed E-state index contributed by atoms with van der Waals surface area (Å²) < 4.78 is 7.56. The largest absolute Gasteiger partial charge is 0.382 e. The molecule has 2 aromatic rings. The average molecular weight is 293 g/mol. The molecule has 0 unspecified atom stereocenters. The normalized spacial score (nSPS) is 10.9. The number of imidazole rings is 1. The number of aryl methyl sites for hydroxylation is 3. The standard InChI is InChI=1S/C15H23N3OS/c1-4-19-7-5-6-18-9-13(3)17-15(18)16-8-14-11-20-10-12(14)2/h9-11H,4-8H2,1-3H3,(H,16,17). The van der Waals surface area contributed by atoms with Crippen molar-refractivity contribution in [2.75, 3.05) is 18.5 Å². The molecule has 2 rings (SSSR count). The van der Waals surface area contributed by atoms with Gasteiger partial charge in [-0.2, -0.15) is 11.3 Å². The Morgan fingerprint density at radius 1 is 1.35 bits per heavy atom. The third-order valence-electron chi connectivity index (χ3n) is 3.19. The van der Waals surface area contributed by atoms with Crippen LogP contribution in [0, 0.1) is 13.8 Å². The Kier molecular flexibility index (Phi) is 5.61. The van der Waals surface area contributed by atoms with Crippen LogP contribution >= 0.6 is 11.3 Å². The molecule has 5 heteroatoms. The maximum absolute atomic E-state index is 5.38. The predicted octanol–water partition coefficient (Wildman–Crippen LogP) is 3.60. The number of nitrogens with one attached hydrogen (secondary N) is 1. The molecule has 0 radical (unpaired) electrons. The lowest BCUT2D eigenvalue weighted by Crippen LogP contribution is -2.09. The van der Waals surface area contributed by atoms with Crippen LogP contribution in [0.3, 0.4) is 0 Å². The van der Waals surface area contributed by atoms with Gasteiger partial charge in [-0.25, -0.2) is 4.98 Å². The van der Waals surface area contributed by atoms with Gasteiger partial charge in [0, 0.05) is 32.5 Å². The Morgan fingerprint density at radius 2 is 2.20 bits per heavy atom. The van der Waals surface area contributed by atoms with E-state index < -0.39 is 0 Å². The Labute approximate surface area is 124 Å². The average Bonchev–Trinajstić information content (AvgIpc) is 2.98. The lowest BCUT2D eigenvalue weighted by molar-refractivity contribution is 0.142. The Balaban J connectivity index is 1.91. The number of hydrogen-bond donors (Lipinski definition) is 1. The Bertz CT molecular complexity index is 533. The molecule has 0 amide bonds. The highest BCUT2D eigenvalue weighted by Crippen LogP contribution is 2.16. The van der Waals surface area contributed by atoms with Gasteiger partial charge in [-0.05, 0) is 49.1 Å². The molecule has 0 aromatic carbocycles. The topological polar surface area (TPSA) is 39.1 Å². The lowest BCUT2D eigenvalue weighted by Gasteiger charge is -2.09. The fraction of sp³-hybridized carbons (Fsp3) is 0.533. The number of hydrogen-bond acceptors (Lipinski definition) is 4. The van der Waals surface area contributed by atoms with Crippen LogP contribution in [-0.2, 0) is 17.8 Å². The van der Waals surface area contributed by atoms with E-state index in [1.807, 2.05) is 13.8 Å². The van der Waals surface area contributed by atoms with Crippen molar-refractivity contribution in [3.05, 3.63) is 33.8 Å². The van der Waals surface area contributed by atoms with Crippen LogP contribution in [0.15, 0.2) is 17.0 Å². The highest BCUT2D eigenvalue weighted by atomic mass is 32.1. The molecular formula is C15H23N3OS. The van der Waals surface area contributed by atoms with Crippen LogP contribution in [0.2, 0.25) is 0 Å². The number of ether oxygens (including phenoxy) is 1. The fourth-order valence-corrected chi connectivity index (χ4v) is 2.94. The molecule has 20 heavy (non-hydrogen) atoms. The Hall–Kier alpha value is -1.33. The molecule has 0 saturated heterocycles. The summed E-state index contributed by atoms with van der Waals surface area (Å²) in [5.41, 5.74) is 3.73. The minimum absolute atomic E-state index is 0.783. The zero-order valence-electron chi connectivity index (χ0n) is 12.5. The maximum Gasteiger partial charge on any atom is 0.203 e. The van der Waals surface area contributed by atoms with Gasteiger partial charge in [0.1, 0.15) is 0 Å². The van der Waals surface area contributed by atoms with Gasteiger partial charge in [-0.15, -0.1) is 0 Å². The van der Waals surface area contributed by atoms with Gasteiger partial charge in [-0.3, -0.25) is 0 Å². The van der Waals surface area contributed by atoms with Gasteiger partial charge in [0.05, 0.1) is 5.69 Å². The highest BCUT2D eigenvalue weighted by molar-refractivity contribution is 7.08. The lowest BCUT2D eigenvalue weighted by atomic mass is 10.2. The van der Waals surface area contributed by atoms with Crippen LogP contribution in [0.5, 0.6) is 0 Å². The maximum atomic E-state index is 5.38. The quantitative estimate of drug-likeness (QED) is 0.756. The van der Waals surface area contributed by atoms with Crippen LogP contribution < -0.4 is 5.32 Å². The van der Waals surface area contributed by atoms with Crippen molar-refractivity contribution in [1.82, 2.24) is 9.55 Å². The van der Waals surface area contributed by atoms with E-state index in [9.17, 15) is 0 Å². The molecule has 0 aliphatic heterocycles. The highest BCUT2D eigenvalue weighted by Gasteiger charge is 2.06.